The van der Waals surface area contributed by atoms with E-state index in [2.05, 4.69) is 5.32 Å². The Hall–Kier alpha value is -1.63. The monoisotopic (exact) mass is 296 g/mol. The van der Waals surface area contributed by atoms with Crippen molar-refractivity contribution in [2.24, 2.45) is 0 Å². The van der Waals surface area contributed by atoms with Gasteiger partial charge in [0.1, 0.15) is 12.1 Å². The molecule has 1 unspecified atom stereocenters. The van der Waals surface area contributed by atoms with Crippen LogP contribution >= 0.6 is 0 Å². The molecule has 7 nitrogen and oxygen atoms in total. The topological polar surface area (TPSA) is 95.9 Å². The second kappa shape index (κ2) is 5.63. The van der Waals surface area contributed by atoms with E-state index in [1.165, 1.54) is 0 Å². The van der Waals surface area contributed by atoms with Crippen LogP contribution in [0.1, 0.15) is 38.5 Å². The SMILES string of the molecule is O=C(NC1CC1)C1CCCN1C(=O)[C@@H]1CC[C@H](C(=O)O)O1. The molecule has 0 radical (unpaired) electrons. The number of hydrogen-bond acceptors (Lipinski definition) is 4. The quantitative estimate of drug-likeness (QED) is 0.754. The molecule has 3 rings (SSSR count). The lowest BCUT2D eigenvalue weighted by molar-refractivity contribution is -0.156. The minimum Gasteiger partial charge on any atom is -0.479 e. The molecular weight excluding hydrogens is 276 g/mol. The number of carbonyl (C=O) groups excluding carboxylic acids is 2. The number of likely N-dealkylation sites (tertiary alicyclic amines) is 1. The molecule has 0 spiro atoms. The Labute approximate surface area is 122 Å². The Balaban J connectivity index is 1.60. The van der Waals surface area contributed by atoms with Gasteiger partial charge in [0.05, 0.1) is 0 Å². The van der Waals surface area contributed by atoms with Crippen LogP contribution in [0.4, 0.5) is 0 Å². The van der Waals surface area contributed by atoms with Crippen molar-refractivity contribution >= 4 is 17.8 Å². The summed E-state index contributed by atoms with van der Waals surface area (Å²) < 4.78 is 5.30. The number of rotatable bonds is 4. The van der Waals surface area contributed by atoms with Crippen molar-refractivity contribution in [2.45, 2.75) is 62.8 Å². The second-order valence-corrected chi connectivity index (χ2v) is 6.00. The van der Waals surface area contributed by atoms with E-state index in [9.17, 15) is 14.4 Å². The average molecular weight is 296 g/mol. The summed E-state index contributed by atoms with van der Waals surface area (Å²) in [5.41, 5.74) is 0. The van der Waals surface area contributed by atoms with Gasteiger partial charge in [-0.1, -0.05) is 0 Å². The largest absolute Gasteiger partial charge is 0.479 e. The van der Waals surface area contributed by atoms with Crippen LogP contribution in [0.3, 0.4) is 0 Å². The van der Waals surface area contributed by atoms with E-state index in [1.54, 1.807) is 4.90 Å². The summed E-state index contributed by atoms with van der Waals surface area (Å²) in [5, 5.41) is 11.8. The Bertz CT molecular complexity index is 462. The molecule has 0 aromatic heterocycles. The summed E-state index contributed by atoms with van der Waals surface area (Å²) in [5.74, 6) is -1.36. The maximum atomic E-state index is 12.5. The molecule has 0 bridgehead atoms. The van der Waals surface area contributed by atoms with Crippen molar-refractivity contribution in [3.63, 3.8) is 0 Å². The molecule has 0 aromatic carbocycles. The van der Waals surface area contributed by atoms with Crippen molar-refractivity contribution in [1.82, 2.24) is 10.2 Å². The zero-order chi connectivity index (χ0) is 15.0. The van der Waals surface area contributed by atoms with Gasteiger partial charge >= 0.3 is 5.97 Å². The molecule has 1 aliphatic carbocycles. The van der Waals surface area contributed by atoms with E-state index >= 15 is 0 Å². The minimum atomic E-state index is -1.03. The lowest BCUT2D eigenvalue weighted by Gasteiger charge is -2.26. The van der Waals surface area contributed by atoms with E-state index in [0.717, 1.165) is 19.3 Å². The van der Waals surface area contributed by atoms with Crippen molar-refractivity contribution in [3.8, 4) is 0 Å². The minimum absolute atomic E-state index is 0.0869. The third-order valence-electron chi connectivity index (χ3n) is 4.33. The Morgan fingerprint density at radius 2 is 1.76 bits per heavy atom. The predicted octanol–water partition coefficient (Wildman–Crippen LogP) is -0.112. The summed E-state index contributed by atoms with van der Waals surface area (Å²) in [6, 6.07) is -0.153. The van der Waals surface area contributed by atoms with Gasteiger partial charge in [-0.15, -0.1) is 0 Å². The fourth-order valence-corrected chi connectivity index (χ4v) is 3.01. The van der Waals surface area contributed by atoms with Crippen LogP contribution in [0.15, 0.2) is 0 Å². The molecule has 1 saturated carbocycles. The number of nitrogens with one attached hydrogen (secondary N) is 1. The fourth-order valence-electron chi connectivity index (χ4n) is 3.01. The molecule has 7 heteroatoms. The van der Waals surface area contributed by atoms with Crippen LogP contribution < -0.4 is 5.32 Å². The number of carbonyl (C=O) groups is 3. The molecule has 3 aliphatic rings. The number of aliphatic carboxylic acids is 1. The van der Waals surface area contributed by atoms with E-state index in [-0.39, 0.29) is 17.9 Å². The van der Waals surface area contributed by atoms with Gasteiger partial charge in [-0.3, -0.25) is 9.59 Å². The summed E-state index contributed by atoms with van der Waals surface area (Å²) in [7, 11) is 0. The smallest absolute Gasteiger partial charge is 0.332 e. The fraction of sp³-hybridized carbons (Fsp3) is 0.786. The first-order valence-corrected chi connectivity index (χ1v) is 7.55. The molecule has 116 valence electrons. The third kappa shape index (κ3) is 3.02. The lowest BCUT2D eigenvalue weighted by Crippen LogP contribution is -2.49. The summed E-state index contributed by atoms with van der Waals surface area (Å²) >= 11 is 0. The number of carboxylic acids is 1. The van der Waals surface area contributed by atoms with E-state index in [1.807, 2.05) is 0 Å². The highest BCUT2D eigenvalue weighted by molar-refractivity contribution is 5.90. The van der Waals surface area contributed by atoms with Crippen molar-refractivity contribution in [1.29, 1.82) is 0 Å². The maximum Gasteiger partial charge on any atom is 0.332 e. The molecule has 3 atom stereocenters. The lowest BCUT2D eigenvalue weighted by atomic mass is 10.1. The standard InChI is InChI=1S/C14H20N2O5/c17-12(15-8-3-4-8)9-2-1-7-16(9)13(18)10-5-6-11(21-10)14(19)20/h8-11H,1-7H2,(H,15,17)(H,19,20)/t9?,10-,11+/m0/s1. The van der Waals surface area contributed by atoms with Crippen LogP contribution in [0.2, 0.25) is 0 Å². The average Bonchev–Trinajstić information content (AvgIpc) is 2.99. The highest BCUT2D eigenvalue weighted by atomic mass is 16.5. The number of ether oxygens (including phenoxy) is 1. The number of amides is 2. The first kappa shape index (κ1) is 14.3. The van der Waals surface area contributed by atoms with Gasteiger partial charge in [-0.25, -0.2) is 4.79 Å². The van der Waals surface area contributed by atoms with Crippen LogP contribution in [0, 0.1) is 0 Å². The molecule has 0 aromatic rings. The predicted molar refractivity (Wildman–Crippen MR) is 71.4 cm³/mol. The summed E-state index contributed by atoms with van der Waals surface area (Å²) in [6.45, 7) is 0.541. The highest BCUT2D eigenvalue weighted by Crippen LogP contribution is 2.27. The van der Waals surface area contributed by atoms with Crippen LogP contribution in [0.5, 0.6) is 0 Å². The summed E-state index contributed by atoms with van der Waals surface area (Å²) in [4.78, 5) is 37.1. The van der Waals surface area contributed by atoms with E-state index < -0.39 is 24.2 Å². The first-order chi connectivity index (χ1) is 10.1. The van der Waals surface area contributed by atoms with Gasteiger partial charge in [0.15, 0.2) is 6.10 Å². The van der Waals surface area contributed by atoms with E-state index in [4.69, 9.17) is 9.84 Å². The molecule has 2 N–H and O–H groups in total. The maximum absolute atomic E-state index is 12.5. The van der Waals surface area contributed by atoms with Crippen LogP contribution in [-0.2, 0) is 19.1 Å². The molecule has 2 amide bonds. The van der Waals surface area contributed by atoms with Gasteiger partial charge in [-0.05, 0) is 38.5 Å². The molecule has 2 heterocycles. The van der Waals surface area contributed by atoms with Gasteiger partial charge < -0.3 is 20.1 Å². The summed E-state index contributed by atoms with van der Waals surface area (Å²) in [6.07, 6.45) is 2.61. The van der Waals surface area contributed by atoms with E-state index in [0.29, 0.717) is 25.8 Å². The Kier molecular flexibility index (Phi) is 3.84. The number of hydrogen-bond donors (Lipinski definition) is 2. The van der Waals surface area contributed by atoms with Gasteiger partial charge in [0, 0.05) is 12.6 Å². The molecule has 2 aliphatic heterocycles. The zero-order valence-electron chi connectivity index (χ0n) is 11.8. The number of carboxylic acid groups (broad SMARTS) is 1. The molecule has 2 saturated heterocycles. The van der Waals surface area contributed by atoms with Gasteiger partial charge in [0.25, 0.3) is 5.91 Å². The van der Waals surface area contributed by atoms with Crippen molar-refractivity contribution in [3.05, 3.63) is 0 Å². The van der Waals surface area contributed by atoms with Crippen LogP contribution in [-0.4, -0.2) is 58.6 Å². The zero-order valence-corrected chi connectivity index (χ0v) is 11.8. The van der Waals surface area contributed by atoms with Crippen molar-refractivity contribution in [2.75, 3.05) is 6.54 Å². The molecule has 21 heavy (non-hydrogen) atoms. The number of nitrogens with zero attached hydrogens (tertiary/aromatic N) is 1. The van der Waals surface area contributed by atoms with Crippen LogP contribution in [0.25, 0.3) is 0 Å². The van der Waals surface area contributed by atoms with Crippen molar-refractivity contribution < 1.29 is 24.2 Å². The van der Waals surface area contributed by atoms with Gasteiger partial charge in [-0.2, -0.15) is 0 Å². The van der Waals surface area contributed by atoms with Gasteiger partial charge in [0.2, 0.25) is 5.91 Å². The second-order valence-electron chi connectivity index (χ2n) is 6.00. The normalized spacial score (nSPS) is 32.2. The molecular formula is C14H20N2O5. The molecule has 3 fully saturated rings. The third-order valence-corrected chi connectivity index (χ3v) is 4.33. The highest BCUT2D eigenvalue weighted by Gasteiger charge is 2.42. The first-order valence-electron chi connectivity index (χ1n) is 7.55. The Morgan fingerprint density at radius 3 is 2.38 bits per heavy atom. The Morgan fingerprint density at radius 1 is 1.05 bits per heavy atom.